The topological polar surface area (TPSA) is 12.4 Å². The van der Waals surface area contributed by atoms with Crippen molar-refractivity contribution in [2.45, 2.75) is 20.0 Å². The van der Waals surface area contributed by atoms with Crippen molar-refractivity contribution in [2.24, 2.45) is 4.99 Å². The van der Waals surface area contributed by atoms with Gasteiger partial charge in [0.25, 0.3) is 0 Å². The first-order chi connectivity index (χ1) is 5.64. The van der Waals surface area contributed by atoms with E-state index in [9.17, 15) is 0 Å². The zero-order valence-electron chi connectivity index (χ0n) is 7.60. The molecule has 3 aliphatic heterocycles. The van der Waals surface area contributed by atoms with Gasteiger partial charge >= 0.3 is 0 Å². The van der Waals surface area contributed by atoms with Crippen molar-refractivity contribution in [3.63, 3.8) is 0 Å². The average molecular weight is 173 g/mol. The summed E-state index contributed by atoms with van der Waals surface area (Å²) in [5, 5.41) is 3.27. The Bertz CT molecular complexity index is 419. The van der Waals surface area contributed by atoms with Crippen molar-refractivity contribution < 1.29 is 0 Å². The Morgan fingerprint density at radius 1 is 1.25 bits per heavy atom. The minimum Gasteiger partial charge on any atom is -0.256 e. The minimum atomic E-state index is -1.13. The van der Waals surface area contributed by atoms with Crippen molar-refractivity contribution in [1.82, 2.24) is 0 Å². The van der Waals surface area contributed by atoms with Crippen molar-refractivity contribution in [2.75, 3.05) is 0 Å². The van der Waals surface area contributed by atoms with E-state index in [1.807, 2.05) is 6.21 Å². The van der Waals surface area contributed by atoms with Gasteiger partial charge in [-0.05, 0) is 29.0 Å². The summed E-state index contributed by atoms with van der Waals surface area (Å²) in [7, 11) is -1.13. The third-order valence-corrected chi connectivity index (χ3v) is 6.96. The number of hydrogen-bond donors (Lipinski definition) is 0. The molecule has 4 rings (SSSR count). The van der Waals surface area contributed by atoms with Gasteiger partial charge in [0.05, 0.1) is 5.70 Å². The largest absolute Gasteiger partial charge is 0.256 e. The van der Waals surface area contributed by atoms with Crippen LogP contribution in [-0.4, -0.2) is 14.3 Å². The van der Waals surface area contributed by atoms with Gasteiger partial charge in [-0.1, -0.05) is 13.1 Å². The standard InChI is InChI=1S/C10H11NSi/c1-6-9-7-4-5-11-8(7)10(6)12(9,2)3/h4-5H,1-3H3. The van der Waals surface area contributed by atoms with E-state index in [-0.39, 0.29) is 0 Å². The second kappa shape index (κ2) is 1.57. The van der Waals surface area contributed by atoms with Gasteiger partial charge in [-0.2, -0.15) is 0 Å². The maximum atomic E-state index is 4.42. The van der Waals surface area contributed by atoms with Gasteiger partial charge in [-0.25, -0.2) is 0 Å². The van der Waals surface area contributed by atoms with Crippen LogP contribution in [0.25, 0.3) is 0 Å². The lowest BCUT2D eigenvalue weighted by molar-refractivity contribution is 1.36. The lowest BCUT2D eigenvalue weighted by atomic mass is 10.2. The Balaban J connectivity index is 2.37. The van der Waals surface area contributed by atoms with E-state index >= 15 is 0 Å². The number of allylic oxidation sites excluding steroid dienone is 4. The molecule has 3 heterocycles. The molecule has 0 atom stereocenters. The molecular formula is C10H11NSi. The number of rotatable bonds is 0. The molecule has 0 saturated heterocycles. The molecule has 0 aromatic carbocycles. The van der Waals surface area contributed by atoms with Crippen LogP contribution in [0.15, 0.2) is 38.3 Å². The summed E-state index contributed by atoms with van der Waals surface area (Å²) in [6, 6.07) is 0. The maximum absolute atomic E-state index is 4.42. The lowest BCUT2D eigenvalue weighted by Gasteiger charge is -2.34. The van der Waals surface area contributed by atoms with Gasteiger partial charge in [0.1, 0.15) is 8.07 Å². The zero-order valence-corrected chi connectivity index (χ0v) is 8.60. The zero-order chi connectivity index (χ0) is 8.51. The molecule has 0 saturated carbocycles. The highest BCUT2D eigenvalue weighted by Crippen LogP contribution is 2.57. The van der Waals surface area contributed by atoms with E-state index in [0.717, 1.165) is 0 Å². The predicted molar refractivity (Wildman–Crippen MR) is 53.8 cm³/mol. The minimum absolute atomic E-state index is 1.13. The second-order valence-electron chi connectivity index (χ2n) is 4.21. The molecule has 2 bridgehead atoms. The molecule has 2 heteroatoms. The highest BCUT2D eigenvalue weighted by molar-refractivity contribution is 6.97. The fourth-order valence-corrected chi connectivity index (χ4v) is 6.73. The van der Waals surface area contributed by atoms with Crippen LogP contribution in [0.2, 0.25) is 13.1 Å². The third kappa shape index (κ3) is 0.435. The van der Waals surface area contributed by atoms with Crippen molar-refractivity contribution in [3.8, 4) is 0 Å². The quantitative estimate of drug-likeness (QED) is 0.499. The molecule has 12 heavy (non-hydrogen) atoms. The second-order valence-corrected chi connectivity index (χ2v) is 8.46. The third-order valence-electron chi connectivity index (χ3n) is 3.21. The normalized spacial score (nSPS) is 27.8. The van der Waals surface area contributed by atoms with Crippen LogP contribution < -0.4 is 0 Å². The predicted octanol–water partition coefficient (Wildman–Crippen LogP) is 2.38. The van der Waals surface area contributed by atoms with E-state index < -0.39 is 8.07 Å². The SMILES string of the molecule is CC1=C2C3=CC=NC3=C1[Si]2(C)C. The Morgan fingerprint density at radius 3 is 2.58 bits per heavy atom. The molecular weight excluding hydrogens is 162 g/mol. The fraction of sp³-hybridized carbons (Fsp3) is 0.300. The van der Waals surface area contributed by atoms with Gasteiger partial charge in [0.2, 0.25) is 0 Å². The van der Waals surface area contributed by atoms with Crippen LogP contribution in [0, 0.1) is 0 Å². The molecule has 0 radical (unpaired) electrons. The molecule has 4 aliphatic rings. The van der Waals surface area contributed by atoms with Gasteiger partial charge < -0.3 is 0 Å². The van der Waals surface area contributed by atoms with Crippen LogP contribution in [0.4, 0.5) is 0 Å². The first kappa shape index (κ1) is 6.60. The number of hydrogen-bond acceptors (Lipinski definition) is 1. The average Bonchev–Trinajstić information content (AvgIpc) is 2.48. The van der Waals surface area contributed by atoms with Gasteiger partial charge in [0.15, 0.2) is 0 Å². The van der Waals surface area contributed by atoms with Crippen molar-refractivity contribution in [1.29, 1.82) is 0 Å². The molecule has 1 nitrogen and oxygen atoms in total. The van der Waals surface area contributed by atoms with Gasteiger partial charge in [-0.15, -0.1) is 0 Å². The van der Waals surface area contributed by atoms with Crippen LogP contribution in [0.1, 0.15) is 6.92 Å². The molecule has 0 amide bonds. The molecule has 0 aromatic rings. The van der Waals surface area contributed by atoms with Crippen LogP contribution in [0.3, 0.4) is 0 Å². The van der Waals surface area contributed by atoms with E-state index in [2.05, 4.69) is 31.1 Å². The highest BCUT2D eigenvalue weighted by atomic mass is 28.3. The summed E-state index contributed by atoms with van der Waals surface area (Å²) in [4.78, 5) is 4.42. The molecule has 1 aliphatic carbocycles. The van der Waals surface area contributed by atoms with E-state index in [4.69, 9.17) is 0 Å². The van der Waals surface area contributed by atoms with Crippen molar-refractivity contribution in [3.05, 3.63) is 33.3 Å². The Kier molecular flexibility index (Phi) is 0.864. The molecule has 60 valence electrons. The summed E-state index contributed by atoms with van der Waals surface area (Å²) in [6.07, 6.45) is 4.10. The lowest BCUT2D eigenvalue weighted by Crippen LogP contribution is -2.38. The highest BCUT2D eigenvalue weighted by Gasteiger charge is 2.52. The fourth-order valence-electron chi connectivity index (χ4n) is 2.87. The van der Waals surface area contributed by atoms with E-state index in [1.165, 1.54) is 16.8 Å². The summed E-state index contributed by atoms with van der Waals surface area (Å²) in [5.74, 6) is 0. The first-order valence-electron chi connectivity index (χ1n) is 4.35. The van der Waals surface area contributed by atoms with E-state index in [0.29, 0.717) is 0 Å². The Labute approximate surface area is 73.2 Å². The number of aliphatic imine (C=N–C) groups is 1. The molecule has 0 spiro atoms. The van der Waals surface area contributed by atoms with Crippen LogP contribution >= 0.6 is 0 Å². The molecule has 0 fully saturated rings. The van der Waals surface area contributed by atoms with E-state index in [1.54, 1.807) is 10.4 Å². The smallest absolute Gasteiger partial charge is 0.116 e. The summed E-state index contributed by atoms with van der Waals surface area (Å²) in [6.45, 7) is 7.09. The summed E-state index contributed by atoms with van der Waals surface area (Å²) in [5.41, 5.74) is 4.28. The monoisotopic (exact) mass is 173 g/mol. The maximum Gasteiger partial charge on any atom is 0.116 e. The van der Waals surface area contributed by atoms with Crippen LogP contribution in [0.5, 0.6) is 0 Å². The Morgan fingerprint density at radius 2 is 2.00 bits per heavy atom. The van der Waals surface area contributed by atoms with Gasteiger partial charge in [0, 0.05) is 11.8 Å². The molecule has 0 N–H and O–H groups in total. The summed E-state index contributed by atoms with van der Waals surface area (Å²) >= 11 is 0. The number of nitrogens with zero attached hydrogens (tertiary/aromatic N) is 1. The first-order valence-corrected chi connectivity index (χ1v) is 7.35. The van der Waals surface area contributed by atoms with Crippen LogP contribution in [-0.2, 0) is 0 Å². The Hall–Kier alpha value is -0.893. The molecule has 0 unspecified atom stereocenters. The van der Waals surface area contributed by atoms with Crippen molar-refractivity contribution >= 4 is 14.3 Å². The van der Waals surface area contributed by atoms with Gasteiger partial charge in [-0.3, -0.25) is 4.99 Å². The summed E-state index contributed by atoms with van der Waals surface area (Å²) < 4.78 is 0. The molecule has 0 aromatic heterocycles.